The summed E-state index contributed by atoms with van der Waals surface area (Å²) in [5.41, 5.74) is 1.01. The first-order valence-corrected chi connectivity index (χ1v) is 7.16. The molecule has 5 nitrogen and oxygen atoms in total. The van der Waals surface area contributed by atoms with E-state index in [2.05, 4.69) is 12.1 Å². The van der Waals surface area contributed by atoms with Crippen molar-refractivity contribution < 1.29 is 14.2 Å². The Morgan fingerprint density at radius 3 is 1.52 bits per heavy atom. The molecule has 0 amide bonds. The highest BCUT2D eigenvalue weighted by Crippen LogP contribution is 2.17. The molecule has 0 saturated heterocycles. The van der Waals surface area contributed by atoms with Crippen LogP contribution in [-0.4, -0.2) is 26.4 Å². The molecule has 23 heavy (non-hydrogen) atoms. The number of para-hydroxylation sites is 2. The molecule has 2 aromatic carbocycles. The van der Waals surface area contributed by atoms with E-state index in [0.717, 1.165) is 0 Å². The summed E-state index contributed by atoms with van der Waals surface area (Å²) in [7, 11) is 0. The second-order valence-corrected chi connectivity index (χ2v) is 4.53. The van der Waals surface area contributed by atoms with Gasteiger partial charge in [-0.05, 0) is 24.3 Å². The SMILES string of the molecule is N#Cc1ccccc1OCCOCCOc1ccccc1C#N. The molecule has 0 unspecified atom stereocenters. The van der Waals surface area contributed by atoms with Gasteiger partial charge in [-0.25, -0.2) is 0 Å². The second kappa shape index (κ2) is 9.09. The molecule has 0 radical (unpaired) electrons. The number of ether oxygens (including phenoxy) is 3. The van der Waals surface area contributed by atoms with E-state index in [9.17, 15) is 0 Å². The first-order valence-electron chi connectivity index (χ1n) is 7.16. The maximum Gasteiger partial charge on any atom is 0.137 e. The summed E-state index contributed by atoms with van der Waals surface area (Å²) in [6.07, 6.45) is 0. The first kappa shape index (κ1) is 16.4. The van der Waals surface area contributed by atoms with Crippen LogP contribution in [0.4, 0.5) is 0 Å². The minimum atomic E-state index is 0.355. The fourth-order valence-corrected chi connectivity index (χ4v) is 1.89. The largest absolute Gasteiger partial charge is 0.490 e. The zero-order valence-electron chi connectivity index (χ0n) is 12.6. The van der Waals surface area contributed by atoms with Crippen molar-refractivity contribution in [2.75, 3.05) is 26.4 Å². The zero-order chi connectivity index (χ0) is 16.3. The van der Waals surface area contributed by atoms with Gasteiger partial charge in [0.2, 0.25) is 0 Å². The topological polar surface area (TPSA) is 75.3 Å². The summed E-state index contributed by atoms with van der Waals surface area (Å²) in [5, 5.41) is 17.9. The van der Waals surface area contributed by atoms with Gasteiger partial charge >= 0.3 is 0 Å². The van der Waals surface area contributed by atoms with Gasteiger partial charge in [0.25, 0.3) is 0 Å². The van der Waals surface area contributed by atoms with E-state index >= 15 is 0 Å². The number of benzene rings is 2. The molecule has 0 atom stereocenters. The van der Waals surface area contributed by atoms with Crippen LogP contribution in [0.1, 0.15) is 11.1 Å². The van der Waals surface area contributed by atoms with Crippen molar-refractivity contribution in [3.8, 4) is 23.6 Å². The van der Waals surface area contributed by atoms with Crippen molar-refractivity contribution in [1.29, 1.82) is 10.5 Å². The van der Waals surface area contributed by atoms with E-state index in [-0.39, 0.29) is 0 Å². The lowest BCUT2D eigenvalue weighted by atomic mass is 10.2. The molecule has 2 aromatic rings. The van der Waals surface area contributed by atoms with Crippen LogP contribution in [0.2, 0.25) is 0 Å². The van der Waals surface area contributed by atoms with Gasteiger partial charge in [0.1, 0.15) is 36.9 Å². The van der Waals surface area contributed by atoms with Gasteiger partial charge in [-0.2, -0.15) is 10.5 Å². The van der Waals surface area contributed by atoms with Crippen LogP contribution in [-0.2, 0) is 4.74 Å². The van der Waals surface area contributed by atoms with Crippen LogP contribution in [0.15, 0.2) is 48.5 Å². The van der Waals surface area contributed by atoms with Gasteiger partial charge in [-0.1, -0.05) is 24.3 Å². The molecule has 0 heterocycles. The molecule has 2 rings (SSSR count). The summed E-state index contributed by atoms with van der Waals surface area (Å²) < 4.78 is 16.4. The summed E-state index contributed by atoms with van der Waals surface area (Å²) in [6, 6.07) is 18.3. The predicted molar refractivity (Wildman–Crippen MR) is 84.1 cm³/mol. The smallest absolute Gasteiger partial charge is 0.137 e. The molecular weight excluding hydrogens is 292 g/mol. The number of hydrogen-bond acceptors (Lipinski definition) is 5. The molecule has 0 spiro atoms. The molecular formula is C18H16N2O3. The molecule has 0 saturated carbocycles. The van der Waals surface area contributed by atoms with Crippen molar-refractivity contribution in [2.45, 2.75) is 0 Å². The number of nitrogens with zero attached hydrogens (tertiary/aromatic N) is 2. The summed E-state index contributed by atoms with van der Waals surface area (Å²) in [4.78, 5) is 0. The third-order valence-electron chi connectivity index (χ3n) is 2.99. The molecule has 0 fully saturated rings. The number of nitriles is 2. The maximum atomic E-state index is 8.94. The second-order valence-electron chi connectivity index (χ2n) is 4.53. The Hall–Kier alpha value is -3.02. The standard InChI is InChI=1S/C18H16N2O3/c19-13-15-5-1-3-7-17(15)22-11-9-21-10-12-23-18-8-4-2-6-16(18)14-20/h1-8H,9-12H2. The highest BCUT2D eigenvalue weighted by Gasteiger charge is 2.02. The molecule has 0 aliphatic carbocycles. The molecule has 0 aliphatic rings. The number of rotatable bonds is 8. The summed E-state index contributed by atoms with van der Waals surface area (Å²) >= 11 is 0. The van der Waals surface area contributed by atoms with Gasteiger partial charge in [0, 0.05) is 0 Å². The van der Waals surface area contributed by atoms with Crippen LogP contribution < -0.4 is 9.47 Å². The van der Waals surface area contributed by atoms with Crippen LogP contribution in [0.25, 0.3) is 0 Å². The van der Waals surface area contributed by atoms with Gasteiger partial charge in [-0.3, -0.25) is 0 Å². The molecule has 0 bridgehead atoms. The van der Waals surface area contributed by atoms with Crippen LogP contribution >= 0.6 is 0 Å². The van der Waals surface area contributed by atoms with E-state index < -0.39 is 0 Å². The maximum absolute atomic E-state index is 8.94. The Kier molecular flexibility index (Phi) is 6.46. The van der Waals surface area contributed by atoms with Crippen LogP contribution in [0.5, 0.6) is 11.5 Å². The molecule has 0 N–H and O–H groups in total. The lowest BCUT2D eigenvalue weighted by Crippen LogP contribution is -2.12. The Labute approximate surface area is 135 Å². The fourth-order valence-electron chi connectivity index (χ4n) is 1.89. The minimum absolute atomic E-state index is 0.355. The summed E-state index contributed by atoms with van der Waals surface area (Å²) in [6.45, 7) is 1.49. The fraction of sp³-hybridized carbons (Fsp3) is 0.222. The highest BCUT2D eigenvalue weighted by atomic mass is 16.5. The quantitative estimate of drug-likeness (QED) is 0.701. The van der Waals surface area contributed by atoms with Crippen molar-refractivity contribution in [3.63, 3.8) is 0 Å². The Morgan fingerprint density at radius 1 is 0.652 bits per heavy atom. The zero-order valence-corrected chi connectivity index (χ0v) is 12.6. The molecule has 0 aromatic heterocycles. The lowest BCUT2D eigenvalue weighted by Gasteiger charge is -2.09. The van der Waals surface area contributed by atoms with E-state index in [4.69, 9.17) is 24.7 Å². The van der Waals surface area contributed by atoms with Crippen molar-refractivity contribution >= 4 is 0 Å². The molecule has 5 heteroatoms. The van der Waals surface area contributed by atoms with Crippen LogP contribution in [0.3, 0.4) is 0 Å². The first-order chi connectivity index (χ1) is 11.3. The Balaban J connectivity index is 1.63. The summed E-state index contributed by atoms with van der Waals surface area (Å²) in [5.74, 6) is 1.11. The minimum Gasteiger partial charge on any atom is -0.490 e. The van der Waals surface area contributed by atoms with E-state index in [1.165, 1.54) is 0 Å². The monoisotopic (exact) mass is 308 g/mol. The third-order valence-corrected chi connectivity index (χ3v) is 2.99. The van der Waals surface area contributed by atoms with Crippen molar-refractivity contribution in [1.82, 2.24) is 0 Å². The predicted octanol–water partition coefficient (Wildman–Crippen LogP) is 2.90. The lowest BCUT2D eigenvalue weighted by molar-refractivity contribution is 0.0763. The van der Waals surface area contributed by atoms with Gasteiger partial charge < -0.3 is 14.2 Å². The average Bonchev–Trinajstić information content (AvgIpc) is 2.61. The van der Waals surface area contributed by atoms with E-state index in [0.29, 0.717) is 49.1 Å². The Morgan fingerprint density at radius 2 is 1.09 bits per heavy atom. The van der Waals surface area contributed by atoms with Crippen LogP contribution in [0, 0.1) is 22.7 Å². The van der Waals surface area contributed by atoms with E-state index in [1.807, 2.05) is 12.1 Å². The van der Waals surface area contributed by atoms with Gasteiger partial charge in [0.05, 0.1) is 24.3 Å². The third kappa shape index (κ3) is 5.03. The normalized spacial score (nSPS) is 9.65. The van der Waals surface area contributed by atoms with Gasteiger partial charge in [0.15, 0.2) is 0 Å². The number of hydrogen-bond donors (Lipinski definition) is 0. The molecule has 0 aliphatic heterocycles. The van der Waals surface area contributed by atoms with Crippen molar-refractivity contribution in [3.05, 3.63) is 59.7 Å². The van der Waals surface area contributed by atoms with Gasteiger partial charge in [-0.15, -0.1) is 0 Å². The molecule has 116 valence electrons. The Bertz CT molecular complexity index is 655. The highest BCUT2D eigenvalue weighted by molar-refractivity contribution is 5.43. The van der Waals surface area contributed by atoms with Crippen molar-refractivity contribution in [2.24, 2.45) is 0 Å². The van der Waals surface area contributed by atoms with E-state index in [1.54, 1.807) is 36.4 Å². The average molecular weight is 308 g/mol.